The number of fused-ring (bicyclic) bond motifs is 1. The van der Waals surface area contributed by atoms with Gasteiger partial charge in [-0.15, -0.1) is 5.10 Å². The molecule has 0 bridgehead atoms. The molecule has 0 unspecified atom stereocenters. The predicted octanol–water partition coefficient (Wildman–Crippen LogP) is 5.09. The highest BCUT2D eigenvalue weighted by atomic mass is 79.9. The molecule has 0 fully saturated rings. The van der Waals surface area contributed by atoms with Gasteiger partial charge >= 0.3 is 0 Å². The van der Waals surface area contributed by atoms with Crippen molar-refractivity contribution in [2.75, 3.05) is 6.61 Å². The molecule has 2 aromatic carbocycles. The Morgan fingerprint density at radius 1 is 1.13 bits per heavy atom. The third kappa shape index (κ3) is 4.79. The van der Waals surface area contributed by atoms with Crippen LogP contribution in [-0.2, 0) is 0 Å². The van der Waals surface area contributed by atoms with Crippen molar-refractivity contribution in [3.8, 4) is 17.1 Å². The van der Waals surface area contributed by atoms with Crippen LogP contribution in [0, 0.1) is 0 Å². The predicted molar refractivity (Wildman–Crippen MR) is 125 cm³/mol. The summed E-state index contributed by atoms with van der Waals surface area (Å²) in [5, 5.41) is 4.42. The van der Waals surface area contributed by atoms with Crippen molar-refractivity contribution in [1.29, 1.82) is 0 Å². The number of hydrogen-bond acceptors (Lipinski definition) is 5. The molecule has 4 aromatic rings. The van der Waals surface area contributed by atoms with Gasteiger partial charge in [0.05, 0.1) is 11.1 Å². The van der Waals surface area contributed by atoms with E-state index in [-0.39, 0.29) is 5.56 Å². The number of halogens is 1. The summed E-state index contributed by atoms with van der Waals surface area (Å²) >= 11 is 4.79. The fourth-order valence-corrected chi connectivity index (χ4v) is 4.45. The largest absolute Gasteiger partial charge is 0.494 e. The zero-order chi connectivity index (χ0) is 20.9. The quantitative estimate of drug-likeness (QED) is 0.327. The maximum atomic E-state index is 12.7. The van der Waals surface area contributed by atoms with Gasteiger partial charge in [-0.05, 0) is 54.5 Å². The van der Waals surface area contributed by atoms with Crippen LogP contribution < -0.4 is 14.8 Å². The summed E-state index contributed by atoms with van der Waals surface area (Å²) in [5.74, 6) is 1.38. The number of thiazole rings is 1. The van der Waals surface area contributed by atoms with E-state index < -0.39 is 0 Å². The second-order valence-electron chi connectivity index (χ2n) is 7.03. The van der Waals surface area contributed by atoms with Crippen molar-refractivity contribution in [1.82, 2.24) is 14.6 Å². The Bertz CT molecular complexity index is 1250. The molecule has 0 aliphatic rings. The molecule has 30 heavy (non-hydrogen) atoms. The molecule has 0 saturated carbocycles. The van der Waals surface area contributed by atoms with Crippen molar-refractivity contribution in [2.24, 2.45) is 0 Å². The van der Waals surface area contributed by atoms with Gasteiger partial charge in [-0.3, -0.25) is 4.79 Å². The molecule has 2 aromatic heterocycles. The molecule has 0 N–H and O–H groups in total. The lowest BCUT2D eigenvalue weighted by Gasteiger charge is -2.06. The van der Waals surface area contributed by atoms with Gasteiger partial charge in [-0.2, -0.15) is 9.50 Å². The van der Waals surface area contributed by atoms with E-state index in [0.29, 0.717) is 15.3 Å². The highest BCUT2D eigenvalue weighted by molar-refractivity contribution is 9.10. The zero-order valence-electron chi connectivity index (χ0n) is 16.7. The summed E-state index contributed by atoms with van der Waals surface area (Å²) in [6, 6.07) is 15.5. The number of aromatic nitrogens is 3. The number of benzene rings is 2. The Balaban J connectivity index is 1.51. The maximum absolute atomic E-state index is 12.7. The Kier molecular flexibility index (Phi) is 6.59. The Hall–Kier alpha value is -2.51. The van der Waals surface area contributed by atoms with Crippen LogP contribution in [0.3, 0.4) is 0 Å². The minimum absolute atomic E-state index is 0.152. The fraction of sp³-hybridized carbons (Fsp3) is 0.261. The zero-order valence-corrected chi connectivity index (χ0v) is 19.1. The smallest absolute Gasteiger partial charge is 0.291 e. The number of unbranched alkanes of at least 4 members (excludes halogenated alkanes) is 3. The Labute approximate surface area is 187 Å². The number of nitrogens with zero attached hydrogens (tertiary/aromatic N) is 3. The van der Waals surface area contributed by atoms with Gasteiger partial charge in [0.25, 0.3) is 5.56 Å². The van der Waals surface area contributed by atoms with Crippen LogP contribution in [0.1, 0.15) is 38.2 Å². The lowest BCUT2D eigenvalue weighted by Crippen LogP contribution is -2.23. The van der Waals surface area contributed by atoms with E-state index in [2.05, 4.69) is 32.9 Å². The lowest BCUT2D eigenvalue weighted by atomic mass is 10.2. The van der Waals surface area contributed by atoms with Crippen LogP contribution in [0.5, 0.6) is 5.75 Å². The summed E-state index contributed by atoms with van der Waals surface area (Å²) in [4.78, 5) is 17.9. The fourth-order valence-electron chi connectivity index (χ4n) is 3.12. The third-order valence-electron chi connectivity index (χ3n) is 4.71. The molecule has 2 heterocycles. The molecule has 0 radical (unpaired) electrons. The second-order valence-corrected chi connectivity index (χ2v) is 8.96. The first-order valence-electron chi connectivity index (χ1n) is 10.0. The molecule has 7 heteroatoms. The van der Waals surface area contributed by atoms with E-state index >= 15 is 0 Å². The number of ether oxygens (including phenoxy) is 1. The van der Waals surface area contributed by atoms with Crippen LogP contribution in [0.2, 0.25) is 0 Å². The van der Waals surface area contributed by atoms with Crippen LogP contribution >= 0.6 is 27.3 Å². The summed E-state index contributed by atoms with van der Waals surface area (Å²) < 4.78 is 8.75. The molecule has 5 nitrogen and oxygen atoms in total. The van der Waals surface area contributed by atoms with Crippen molar-refractivity contribution >= 4 is 38.3 Å². The average molecular weight is 484 g/mol. The van der Waals surface area contributed by atoms with Crippen LogP contribution in [-0.4, -0.2) is 21.2 Å². The first kappa shape index (κ1) is 20.8. The number of rotatable bonds is 8. The van der Waals surface area contributed by atoms with Crippen LogP contribution in [0.15, 0.2) is 57.8 Å². The van der Waals surface area contributed by atoms with Crippen molar-refractivity contribution in [3.63, 3.8) is 0 Å². The van der Waals surface area contributed by atoms with E-state index in [1.807, 2.05) is 54.6 Å². The lowest BCUT2D eigenvalue weighted by molar-refractivity contribution is 0.305. The minimum Gasteiger partial charge on any atom is -0.494 e. The van der Waals surface area contributed by atoms with E-state index in [0.717, 1.165) is 34.4 Å². The van der Waals surface area contributed by atoms with Gasteiger partial charge in [0, 0.05) is 10.0 Å². The maximum Gasteiger partial charge on any atom is 0.291 e. The average Bonchev–Trinajstić information content (AvgIpc) is 3.28. The molecule has 0 spiro atoms. The first-order chi connectivity index (χ1) is 14.6. The summed E-state index contributed by atoms with van der Waals surface area (Å²) in [6.45, 7) is 2.93. The van der Waals surface area contributed by atoms with E-state index in [9.17, 15) is 4.79 Å². The minimum atomic E-state index is -0.152. The van der Waals surface area contributed by atoms with Crippen molar-refractivity contribution in [3.05, 3.63) is 73.5 Å². The highest BCUT2D eigenvalue weighted by Crippen LogP contribution is 2.21. The summed E-state index contributed by atoms with van der Waals surface area (Å²) in [7, 11) is 0. The molecule has 0 aliphatic heterocycles. The molecule has 0 atom stereocenters. The van der Waals surface area contributed by atoms with Crippen LogP contribution in [0.4, 0.5) is 0 Å². The first-order valence-corrected chi connectivity index (χ1v) is 11.6. The van der Waals surface area contributed by atoms with E-state index in [4.69, 9.17) is 4.74 Å². The summed E-state index contributed by atoms with van der Waals surface area (Å²) in [5.41, 5.74) is 1.67. The van der Waals surface area contributed by atoms with Gasteiger partial charge in [-0.1, -0.05) is 65.6 Å². The van der Waals surface area contributed by atoms with Gasteiger partial charge < -0.3 is 4.74 Å². The van der Waals surface area contributed by atoms with E-state index in [1.54, 1.807) is 0 Å². The monoisotopic (exact) mass is 483 g/mol. The molecular formula is C23H22BrN3O2S. The topological polar surface area (TPSA) is 56.5 Å². The van der Waals surface area contributed by atoms with Gasteiger partial charge in [0.1, 0.15) is 5.75 Å². The molecule has 0 amide bonds. The highest BCUT2D eigenvalue weighted by Gasteiger charge is 2.12. The molecule has 0 aliphatic carbocycles. The van der Waals surface area contributed by atoms with Crippen molar-refractivity contribution < 1.29 is 4.74 Å². The Morgan fingerprint density at radius 2 is 1.97 bits per heavy atom. The Morgan fingerprint density at radius 3 is 2.70 bits per heavy atom. The van der Waals surface area contributed by atoms with Gasteiger partial charge in [0.2, 0.25) is 4.96 Å². The molecule has 4 rings (SSSR count). The van der Waals surface area contributed by atoms with Gasteiger partial charge in [-0.25, -0.2) is 0 Å². The summed E-state index contributed by atoms with van der Waals surface area (Å²) in [6.07, 6.45) is 6.59. The molecule has 154 valence electrons. The van der Waals surface area contributed by atoms with Crippen molar-refractivity contribution in [2.45, 2.75) is 32.6 Å². The standard InChI is InChI=1S/C23H22BrN3O2S/c1-2-3-4-5-13-29-19-11-9-17(10-12-19)21-25-23-27(26-21)22(28)20(30-23)15-16-7-6-8-18(24)14-16/h6-12,14-15H,2-5,13H2,1H3. The SMILES string of the molecule is CCCCCCOc1ccc(-c2nc3sc(=Cc4cccc(Br)c4)c(=O)n3n2)cc1. The van der Waals surface area contributed by atoms with E-state index in [1.165, 1.54) is 35.1 Å². The van der Waals surface area contributed by atoms with Gasteiger partial charge in [0.15, 0.2) is 5.82 Å². The third-order valence-corrected chi connectivity index (χ3v) is 6.16. The van der Waals surface area contributed by atoms with Crippen LogP contribution in [0.25, 0.3) is 22.4 Å². The molecule has 0 saturated heterocycles. The normalized spacial score (nSPS) is 12.0. The molecular weight excluding hydrogens is 462 g/mol. The number of hydrogen-bond donors (Lipinski definition) is 0. The second kappa shape index (κ2) is 9.53.